The van der Waals surface area contributed by atoms with Gasteiger partial charge in [-0.15, -0.1) is 12.6 Å². The summed E-state index contributed by atoms with van der Waals surface area (Å²) in [6, 6.07) is 3.75. The van der Waals surface area contributed by atoms with Crippen LogP contribution < -0.4 is 0 Å². The lowest BCUT2D eigenvalue weighted by Gasteiger charge is -2.11. The second kappa shape index (κ2) is 6.06. The van der Waals surface area contributed by atoms with Gasteiger partial charge in [0.05, 0.1) is 0 Å². The summed E-state index contributed by atoms with van der Waals surface area (Å²) in [6.07, 6.45) is 5.69. The zero-order valence-corrected chi connectivity index (χ0v) is 10.5. The molecule has 0 bridgehead atoms. The van der Waals surface area contributed by atoms with Gasteiger partial charge in [-0.3, -0.25) is 0 Å². The number of phenolic OH excluding ortho intramolecular Hbond substituents is 1. The van der Waals surface area contributed by atoms with Crippen LogP contribution >= 0.6 is 12.6 Å². The van der Waals surface area contributed by atoms with Crippen LogP contribution in [0.3, 0.4) is 0 Å². The van der Waals surface area contributed by atoms with E-state index in [4.69, 9.17) is 0 Å². The van der Waals surface area contributed by atoms with Gasteiger partial charge < -0.3 is 5.11 Å². The first-order valence-corrected chi connectivity index (χ1v) is 6.18. The van der Waals surface area contributed by atoms with Crippen molar-refractivity contribution in [2.45, 2.75) is 50.8 Å². The molecule has 1 aromatic carbocycles. The predicted octanol–water partition coefficient (Wildman–Crippen LogP) is 3.98. The Hall–Kier alpha value is -0.630. The van der Waals surface area contributed by atoms with Crippen molar-refractivity contribution in [3.05, 3.63) is 23.3 Å². The summed E-state index contributed by atoms with van der Waals surface area (Å²) in [6.45, 7) is 4.34. The molecule has 0 aromatic heterocycles. The highest BCUT2D eigenvalue weighted by Crippen LogP contribution is 2.29. The second-order valence-electron chi connectivity index (χ2n) is 3.88. The van der Waals surface area contributed by atoms with E-state index in [-0.39, 0.29) is 0 Å². The summed E-state index contributed by atoms with van der Waals surface area (Å²) in [5.74, 6) is 0.307. The maximum absolute atomic E-state index is 9.60. The van der Waals surface area contributed by atoms with Gasteiger partial charge in [-0.2, -0.15) is 0 Å². The van der Waals surface area contributed by atoms with E-state index < -0.39 is 0 Å². The van der Waals surface area contributed by atoms with Gasteiger partial charge in [0.1, 0.15) is 5.75 Å². The molecule has 84 valence electrons. The summed E-state index contributed by atoms with van der Waals surface area (Å²) in [7, 11) is 0. The van der Waals surface area contributed by atoms with E-state index in [2.05, 4.69) is 26.5 Å². The predicted molar refractivity (Wildman–Crippen MR) is 68.0 cm³/mol. The molecule has 1 nitrogen and oxygen atoms in total. The molecule has 0 atom stereocenters. The highest BCUT2D eigenvalue weighted by Gasteiger charge is 2.08. The average molecular weight is 224 g/mol. The van der Waals surface area contributed by atoms with Crippen molar-refractivity contribution in [1.29, 1.82) is 0 Å². The van der Waals surface area contributed by atoms with Crippen molar-refractivity contribution >= 4 is 12.6 Å². The number of hydrogen-bond donors (Lipinski definition) is 2. The normalized spacial score (nSPS) is 10.6. The van der Waals surface area contributed by atoms with E-state index in [0.717, 1.165) is 17.7 Å². The lowest BCUT2D eigenvalue weighted by atomic mass is 9.99. The fraction of sp³-hybridized carbons (Fsp3) is 0.538. The molecule has 0 amide bonds. The van der Waals surface area contributed by atoms with Gasteiger partial charge in [0.2, 0.25) is 0 Å². The molecule has 0 unspecified atom stereocenters. The van der Waals surface area contributed by atoms with E-state index in [0.29, 0.717) is 5.75 Å². The summed E-state index contributed by atoms with van der Waals surface area (Å²) < 4.78 is 0. The Labute approximate surface area is 97.9 Å². The maximum atomic E-state index is 9.60. The highest BCUT2D eigenvalue weighted by molar-refractivity contribution is 7.80. The van der Waals surface area contributed by atoms with Crippen LogP contribution in [0.4, 0.5) is 0 Å². The number of unbranched alkanes of at least 4 members (excludes halogenated alkanes) is 2. The minimum atomic E-state index is 0.307. The number of aromatic hydroxyl groups is 1. The fourth-order valence-corrected chi connectivity index (χ4v) is 2.16. The van der Waals surface area contributed by atoms with Crippen LogP contribution in [0.15, 0.2) is 17.0 Å². The molecular formula is C13H20OS. The van der Waals surface area contributed by atoms with Gasteiger partial charge in [-0.25, -0.2) is 0 Å². The van der Waals surface area contributed by atoms with Gasteiger partial charge >= 0.3 is 0 Å². The number of hydrogen-bond acceptors (Lipinski definition) is 2. The Morgan fingerprint density at radius 3 is 2.53 bits per heavy atom. The van der Waals surface area contributed by atoms with Crippen LogP contribution in [0, 0.1) is 0 Å². The molecule has 0 aliphatic carbocycles. The van der Waals surface area contributed by atoms with Crippen molar-refractivity contribution in [3.8, 4) is 5.75 Å². The molecular weight excluding hydrogens is 204 g/mol. The van der Waals surface area contributed by atoms with Gasteiger partial charge in [-0.05, 0) is 36.5 Å². The summed E-state index contributed by atoms with van der Waals surface area (Å²) >= 11 is 4.39. The molecule has 0 heterocycles. The van der Waals surface area contributed by atoms with Crippen LogP contribution in [0.5, 0.6) is 5.75 Å². The largest absolute Gasteiger partial charge is 0.507 e. The van der Waals surface area contributed by atoms with Gasteiger partial charge in [-0.1, -0.05) is 32.8 Å². The van der Waals surface area contributed by atoms with Crippen LogP contribution in [0.1, 0.15) is 44.2 Å². The molecule has 0 aliphatic rings. The number of rotatable bonds is 5. The van der Waals surface area contributed by atoms with Crippen LogP contribution in [-0.2, 0) is 12.8 Å². The van der Waals surface area contributed by atoms with Crippen molar-refractivity contribution in [1.82, 2.24) is 0 Å². The first-order chi connectivity index (χ1) is 7.20. The summed E-state index contributed by atoms with van der Waals surface area (Å²) in [4.78, 5) is 0.769. The van der Waals surface area contributed by atoms with Crippen LogP contribution in [0.2, 0.25) is 0 Å². The Balaban J connectivity index is 2.86. The fourth-order valence-electron chi connectivity index (χ4n) is 1.83. The number of thiol groups is 1. The first kappa shape index (κ1) is 12.4. The number of benzene rings is 1. The lowest BCUT2D eigenvalue weighted by molar-refractivity contribution is 0.460. The highest BCUT2D eigenvalue weighted by atomic mass is 32.1. The molecule has 0 saturated heterocycles. The van der Waals surface area contributed by atoms with Crippen LogP contribution in [0.25, 0.3) is 0 Å². The van der Waals surface area contributed by atoms with Gasteiger partial charge in [0.25, 0.3) is 0 Å². The molecule has 0 spiro atoms. The third-order valence-electron chi connectivity index (χ3n) is 2.77. The zero-order valence-electron chi connectivity index (χ0n) is 9.58. The number of phenols is 1. The molecule has 1 aromatic rings. The van der Waals surface area contributed by atoms with E-state index in [1.54, 1.807) is 6.07 Å². The van der Waals surface area contributed by atoms with Crippen molar-refractivity contribution in [2.24, 2.45) is 0 Å². The molecule has 1 rings (SSSR count). The summed E-state index contributed by atoms with van der Waals surface area (Å²) in [5.41, 5.74) is 2.54. The molecule has 1 N–H and O–H groups in total. The van der Waals surface area contributed by atoms with Gasteiger partial charge in [0.15, 0.2) is 0 Å². The maximum Gasteiger partial charge on any atom is 0.129 e. The topological polar surface area (TPSA) is 20.2 Å². The van der Waals surface area contributed by atoms with Crippen molar-refractivity contribution in [2.75, 3.05) is 0 Å². The van der Waals surface area contributed by atoms with E-state index >= 15 is 0 Å². The van der Waals surface area contributed by atoms with Crippen molar-refractivity contribution in [3.63, 3.8) is 0 Å². The molecule has 2 heteroatoms. The average Bonchev–Trinajstić information content (AvgIpc) is 2.25. The Bertz CT molecular complexity index is 321. The van der Waals surface area contributed by atoms with Crippen molar-refractivity contribution < 1.29 is 5.11 Å². The Kier molecular flexibility index (Phi) is 5.03. The minimum Gasteiger partial charge on any atom is -0.507 e. The quantitative estimate of drug-likeness (QED) is 0.572. The second-order valence-corrected chi connectivity index (χ2v) is 4.33. The number of aryl methyl sites for hydroxylation is 1. The Morgan fingerprint density at radius 2 is 1.93 bits per heavy atom. The third-order valence-corrected chi connectivity index (χ3v) is 3.27. The molecule has 0 fully saturated rings. The minimum absolute atomic E-state index is 0.307. The first-order valence-electron chi connectivity index (χ1n) is 5.73. The van der Waals surface area contributed by atoms with Crippen LogP contribution in [-0.4, -0.2) is 5.11 Å². The van der Waals surface area contributed by atoms with Gasteiger partial charge in [0, 0.05) is 4.90 Å². The zero-order chi connectivity index (χ0) is 11.3. The van der Waals surface area contributed by atoms with E-state index in [1.807, 2.05) is 6.07 Å². The molecule has 0 saturated carbocycles. The monoisotopic (exact) mass is 224 g/mol. The van der Waals surface area contributed by atoms with E-state index in [1.165, 1.54) is 30.4 Å². The lowest BCUT2D eigenvalue weighted by Crippen LogP contribution is -1.95. The smallest absolute Gasteiger partial charge is 0.129 e. The van der Waals surface area contributed by atoms with E-state index in [9.17, 15) is 5.11 Å². The SMILES string of the molecule is CCCCCc1c(CC)ccc(O)c1S. The third kappa shape index (κ3) is 3.16. The summed E-state index contributed by atoms with van der Waals surface area (Å²) in [5, 5.41) is 9.60. The molecule has 15 heavy (non-hydrogen) atoms. The standard InChI is InChI=1S/C13H20OS/c1-3-5-6-7-11-10(4-2)8-9-12(14)13(11)15/h8-9,14-15H,3-7H2,1-2H3. The molecule has 0 radical (unpaired) electrons. The Morgan fingerprint density at radius 1 is 1.20 bits per heavy atom. The molecule has 0 aliphatic heterocycles.